The van der Waals surface area contributed by atoms with Crippen LogP contribution in [-0.2, 0) is 14.2 Å². The largest absolute Gasteiger partial charge is 0.394 e. The molecule has 10 atom stereocenters. The first kappa shape index (κ1) is 18.9. The van der Waals surface area contributed by atoms with Gasteiger partial charge in [-0.2, -0.15) is 0 Å². The summed E-state index contributed by atoms with van der Waals surface area (Å²) >= 11 is 0. The Morgan fingerprint density at radius 1 is 0.870 bits per heavy atom. The minimum absolute atomic E-state index is 0.667. The van der Waals surface area contributed by atoms with Crippen LogP contribution in [0.25, 0.3) is 0 Å². The van der Waals surface area contributed by atoms with E-state index < -0.39 is 74.6 Å². The zero-order chi connectivity index (χ0) is 17.3. The molecule has 0 aromatic rings. The van der Waals surface area contributed by atoms with E-state index in [1.54, 1.807) is 0 Å². The monoisotopic (exact) mass is 342 g/mol. The maximum absolute atomic E-state index is 9.88. The molecule has 2 rings (SSSR count). The van der Waals surface area contributed by atoms with Crippen molar-refractivity contribution in [2.75, 3.05) is 13.2 Å². The second-order valence-corrected chi connectivity index (χ2v) is 5.53. The van der Waals surface area contributed by atoms with Crippen LogP contribution in [0.2, 0.25) is 0 Å². The lowest BCUT2D eigenvalue weighted by atomic mass is 9.99. The van der Waals surface area contributed by atoms with E-state index in [9.17, 15) is 30.6 Å². The van der Waals surface area contributed by atoms with E-state index in [0.717, 1.165) is 0 Å². The summed E-state index contributed by atoms with van der Waals surface area (Å²) in [5.74, 6) is 0. The maximum Gasteiger partial charge on any atom is 0.187 e. The van der Waals surface area contributed by atoms with Crippen molar-refractivity contribution in [3.05, 3.63) is 0 Å². The Bertz CT molecular complexity index is 380. The third kappa shape index (κ3) is 3.65. The van der Waals surface area contributed by atoms with Gasteiger partial charge in [0, 0.05) is 0 Å². The molecule has 0 aromatic heterocycles. The van der Waals surface area contributed by atoms with Crippen LogP contribution >= 0.6 is 0 Å². The Balaban J connectivity index is 2.11. The quantitative estimate of drug-likeness (QED) is 0.238. The molecule has 11 heteroatoms. The molecule has 8 N–H and O–H groups in total. The van der Waals surface area contributed by atoms with Crippen molar-refractivity contribution in [1.82, 2.24) is 0 Å². The number of rotatable bonds is 5. The van der Waals surface area contributed by atoms with Gasteiger partial charge >= 0.3 is 0 Å². The summed E-state index contributed by atoms with van der Waals surface area (Å²) in [6, 6.07) is 0. The molecule has 0 saturated carbocycles. The summed E-state index contributed by atoms with van der Waals surface area (Å²) in [6.45, 7) is -1.40. The standard InChI is InChI=1S/C12H22O11/c13-1-3(15)9-10(8(19)11(20)22-9)23-12-7(18)6(17)5(16)4(2-14)21-12/h3-20H,1-2H2/t3-,4-,5+,6+,7-,8-,9+,10-,11-,12-/m1/s1. The Hall–Kier alpha value is -0.440. The molecule has 0 spiro atoms. The fourth-order valence-electron chi connectivity index (χ4n) is 2.58. The predicted octanol–water partition coefficient (Wildman–Crippen LogP) is -5.40. The first-order valence-electron chi connectivity index (χ1n) is 7.08. The molecule has 0 unspecified atom stereocenters. The summed E-state index contributed by atoms with van der Waals surface area (Å²) in [5, 5.41) is 76.3. The fraction of sp³-hybridized carbons (Fsp3) is 1.00. The predicted molar refractivity (Wildman–Crippen MR) is 68.6 cm³/mol. The molecule has 136 valence electrons. The molecule has 0 aromatic carbocycles. The molecule has 0 radical (unpaired) electrons. The first-order chi connectivity index (χ1) is 10.8. The van der Waals surface area contributed by atoms with E-state index in [1.165, 1.54) is 0 Å². The summed E-state index contributed by atoms with van der Waals surface area (Å²) in [4.78, 5) is 0. The molecule has 2 aliphatic rings. The third-order valence-corrected chi connectivity index (χ3v) is 3.96. The van der Waals surface area contributed by atoms with Crippen molar-refractivity contribution < 1.29 is 55.1 Å². The minimum atomic E-state index is -1.72. The van der Waals surface area contributed by atoms with Crippen LogP contribution < -0.4 is 0 Å². The highest BCUT2D eigenvalue weighted by atomic mass is 16.7. The summed E-state index contributed by atoms with van der Waals surface area (Å²) in [6.07, 6.45) is -15.3. The highest BCUT2D eigenvalue weighted by Crippen LogP contribution is 2.30. The topological polar surface area (TPSA) is 190 Å². The van der Waals surface area contributed by atoms with Crippen LogP contribution in [0.15, 0.2) is 0 Å². The van der Waals surface area contributed by atoms with Gasteiger partial charge in [-0.15, -0.1) is 0 Å². The molecular weight excluding hydrogens is 320 g/mol. The highest BCUT2D eigenvalue weighted by molar-refractivity contribution is 4.94. The second-order valence-electron chi connectivity index (χ2n) is 5.53. The molecule has 2 aliphatic heterocycles. The van der Waals surface area contributed by atoms with E-state index in [1.807, 2.05) is 0 Å². The summed E-state index contributed by atoms with van der Waals surface area (Å²) in [7, 11) is 0. The molecule has 0 amide bonds. The van der Waals surface area contributed by atoms with Gasteiger partial charge in [0.1, 0.15) is 48.8 Å². The molecule has 2 heterocycles. The minimum Gasteiger partial charge on any atom is -0.394 e. The van der Waals surface area contributed by atoms with Crippen LogP contribution in [0, 0.1) is 0 Å². The average Bonchev–Trinajstić information content (AvgIpc) is 2.82. The lowest BCUT2D eigenvalue weighted by Gasteiger charge is -2.41. The van der Waals surface area contributed by atoms with Crippen molar-refractivity contribution >= 4 is 0 Å². The highest BCUT2D eigenvalue weighted by Gasteiger charge is 2.51. The summed E-state index contributed by atoms with van der Waals surface area (Å²) in [5.41, 5.74) is 0. The normalized spacial score (nSPS) is 49.3. The smallest absolute Gasteiger partial charge is 0.187 e. The number of aliphatic hydroxyl groups is 8. The van der Waals surface area contributed by atoms with Gasteiger partial charge in [0.05, 0.1) is 13.2 Å². The van der Waals surface area contributed by atoms with E-state index in [2.05, 4.69) is 0 Å². The molecule has 11 nitrogen and oxygen atoms in total. The third-order valence-electron chi connectivity index (χ3n) is 3.96. The molecule has 2 fully saturated rings. The van der Waals surface area contributed by atoms with Crippen LogP contribution in [0.5, 0.6) is 0 Å². The number of aliphatic hydroxyl groups excluding tert-OH is 8. The van der Waals surface area contributed by atoms with E-state index in [4.69, 9.17) is 24.4 Å². The van der Waals surface area contributed by atoms with Crippen molar-refractivity contribution in [3.63, 3.8) is 0 Å². The van der Waals surface area contributed by atoms with Crippen LogP contribution in [0.1, 0.15) is 0 Å². The molecule has 0 bridgehead atoms. The lowest BCUT2D eigenvalue weighted by Crippen LogP contribution is -2.60. The molecule has 2 saturated heterocycles. The SMILES string of the molecule is OC[C@@H](O)[C@@H]1O[C@@H](O)[C@H](O)[C@H]1O[C@H]1O[C@H](CO)[C@H](O)[C@H](O)[C@H]1O. The Morgan fingerprint density at radius 3 is 2.09 bits per heavy atom. The summed E-state index contributed by atoms with van der Waals surface area (Å²) < 4.78 is 15.3. The van der Waals surface area contributed by atoms with Gasteiger partial charge in [-0.25, -0.2) is 0 Å². The van der Waals surface area contributed by atoms with E-state index in [-0.39, 0.29) is 0 Å². The van der Waals surface area contributed by atoms with Gasteiger partial charge in [0.2, 0.25) is 0 Å². The van der Waals surface area contributed by atoms with Crippen LogP contribution in [0.4, 0.5) is 0 Å². The van der Waals surface area contributed by atoms with E-state index >= 15 is 0 Å². The van der Waals surface area contributed by atoms with Gasteiger partial charge in [0.15, 0.2) is 12.6 Å². The van der Waals surface area contributed by atoms with Gasteiger partial charge in [-0.05, 0) is 0 Å². The maximum atomic E-state index is 9.88. The lowest BCUT2D eigenvalue weighted by molar-refractivity contribution is -0.319. The first-order valence-corrected chi connectivity index (χ1v) is 7.08. The number of hydrogen-bond acceptors (Lipinski definition) is 11. The van der Waals surface area contributed by atoms with Gasteiger partial charge < -0.3 is 55.1 Å². The van der Waals surface area contributed by atoms with Crippen LogP contribution in [0.3, 0.4) is 0 Å². The zero-order valence-corrected chi connectivity index (χ0v) is 12.0. The van der Waals surface area contributed by atoms with Gasteiger partial charge in [-0.1, -0.05) is 0 Å². The van der Waals surface area contributed by atoms with Crippen molar-refractivity contribution in [2.45, 2.75) is 61.4 Å². The Labute approximate surface area is 130 Å². The van der Waals surface area contributed by atoms with Crippen molar-refractivity contribution in [3.8, 4) is 0 Å². The molecular formula is C12H22O11. The molecule has 23 heavy (non-hydrogen) atoms. The Morgan fingerprint density at radius 2 is 1.52 bits per heavy atom. The van der Waals surface area contributed by atoms with E-state index in [0.29, 0.717) is 0 Å². The zero-order valence-electron chi connectivity index (χ0n) is 12.0. The average molecular weight is 342 g/mol. The van der Waals surface area contributed by atoms with Crippen molar-refractivity contribution in [2.24, 2.45) is 0 Å². The number of hydrogen-bond donors (Lipinski definition) is 8. The Kier molecular flexibility index (Phi) is 6.27. The number of ether oxygens (including phenoxy) is 3. The fourth-order valence-corrected chi connectivity index (χ4v) is 2.58. The van der Waals surface area contributed by atoms with Gasteiger partial charge in [0.25, 0.3) is 0 Å². The second kappa shape index (κ2) is 7.63. The molecule has 0 aliphatic carbocycles. The van der Waals surface area contributed by atoms with Crippen molar-refractivity contribution in [1.29, 1.82) is 0 Å². The van der Waals surface area contributed by atoms with Gasteiger partial charge in [-0.3, -0.25) is 0 Å². The van der Waals surface area contributed by atoms with Crippen LogP contribution in [-0.4, -0.2) is 115 Å².